The van der Waals surface area contributed by atoms with Gasteiger partial charge in [0.15, 0.2) is 0 Å². The highest BCUT2D eigenvalue weighted by atomic mass is 35.5. The van der Waals surface area contributed by atoms with Crippen LogP contribution in [-0.4, -0.2) is 34.8 Å². The van der Waals surface area contributed by atoms with Gasteiger partial charge in [0.2, 0.25) is 0 Å². The zero-order valence-electron chi connectivity index (χ0n) is 22.9. The monoisotopic (exact) mass is 590 g/mol. The Morgan fingerprint density at radius 1 is 1.07 bits per heavy atom. The van der Waals surface area contributed by atoms with Gasteiger partial charge in [-0.1, -0.05) is 78.4 Å². The van der Waals surface area contributed by atoms with Gasteiger partial charge in [0.05, 0.1) is 18.4 Å². The fourth-order valence-electron chi connectivity index (χ4n) is 4.48. The van der Waals surface area contributed by atoms with E-state index in [-0.39, 0.29) is 5.97 Å². The highest BCUT2D eigenvalue weighted by Gasteiger charge is 2.16. The average molecular weight is 592 g/mol. The lowest BCUT2D eigenvalue weighted by atomic mass is 10.0. The van der Waals surface area contributed by atoms with Crippen LogP contribution in [0.5, 0.6) is 0 Å². The average Bonchev–Trinajstić information content (AvgIpc) is 3.20. The van der Waals surface area contributed by atoms with Crippen molar-refractivity contribution in [1.82, 2.24) is 9.55 Å². The van der Waals surface area contributed by atoms with E-state index in [0.29, 0.717) is 35.9 Å². The van der Waals surface area contributed by atoms with Gasteiger partial charge in [0.25, 0.3) is 0 Å². The van der Waals surface area contributed by atoms with Crippen LogP contribution >= 0.6 is 35.0 Å². The molecule has 1 aliphatic rings. The number of alkyl halides is 1. The maximum atomic E-state index is 12.0. The maximum absolute atomic E-state index is 12.0. The fourth-order valence-corrected chi connectivity index (χ4v) is 5.41. The molecular weight excluding hydrogens is 559 g/mol. The highest BCUT2D eigenvalue weighted by molar-refractivity contribution is 7.98. The third-order valence-electron chi connectivity index (χ3n) is 6.65. The van der Waals surface area contributed by atoms with E-state index in [2.05, 4.69) is 65.4 Å². The molecule has 0 radical (unpaired) electrons. The SMILES string of the molecule is C/C=C(\C(Cl)=C/CCl)c1cn(CC2=CCC=C(C(=O)OC)C=C2)c(Cc2ccc(-c3ccc(SC)cc3)cc2)n1. The van der Waals surface area contributed by atoms with E-state index in [4.69, 9.17) is 32.9 Å². The van der Waals surface area contributed by atoms with Crippen molar-refractivity contribution < 1.29 is 9.53 Å². The minimum atomic E-state index is -0.335. The summed E-state index contributed by atoms with van der Waals surface area (Å²) in [6, 6.07) is 17.2. The predicted molar refractivity (Wildman–Crippen MR) is 169 cm³/mol. The van der Waals surface area contributed by atoms with Crippen LogP contribution in [0, 0.1) is 0 Å². The van der Waals surface area contributed by atoms with Gasteiger partial charge in [-0.3, -0.25) is 0 Å². The molecule has 0 atom stereocenters. The molecule has 1 heterocycles. The van der Waals surface area contributed by atoms with E-state index >= 15 is 0 Å². The van der Waals surface area contributed by atoms with Gasteiger partial charge in [-0.25, -0.2) is 9.78 Å². The molecule has 7 heteroatoms. The van der Waals surface area contributed by atoms with Crippen LogP contribution in [0.15, 0.2) is 112 Å². The summed E-state index contributed by atoms with van der Waals surface area (Å²) in [5.74, 6) is 0.906. The van der Waals surface area contributed by atoms with Crippen LogP contribution in [0.1, 0.15) is 30.4 Å². The summed E-state index contributed by atoms with van der Waals surface area (Å²) in [5, 5.41) is 0.575. The first-order valence-corrected chi connectivity index (χ1v) is 15.1. The summed E-state index contributed by atoms with van der Waals surface area (Å²) in [6.45, 7) is 2.55. The summed E-state index contributed by atoms with van der Waals surface area (Å²) >= 11 is 14.2. The third kappa shape index (κ3) is 7.48. The second-order valence-corrected chi connectivity index (χ2v) is 10.8. The molecule has 0 saturated carbocycles. The molecular formula is C33H32Cl2N2O2S. The topological polar surface area (TPSA) is 44.1 Å². The lowest BCUT2D eigenvalue weighted by molar-refractivity contribution is -0.135. The van der Waals surface area contributed by atoms with Gasteiger partial charge in [0, 0.05) is 40.5 Å². The third-order valence-corrected chi connectivity index (χ3v) is 7.90. The Labute approximate surface area is 250 Å². The van der Waals surface area contributed by atoms with Crippen LogP contribution < -0.4 is 0 Å². The van der Waals surface area contributed by atoms with Crippen molar-refractivity contribution in [3.05, 3.63) is 124 Å². The molecule has 4 nitrogen and oxygen atoms in total. The van der Waals surface area contributed by atoms with Crippen molar-refractivity contribution in [3.63, 3.8) is 0 Å². The number of allylic oxidation sites excluding steroid dienone is 8. The molecule has 1 aromatic heterocycles. The summed E-state index contributed by atoms with van der Waals surface area (Å²) in [7, 11) is 1.39. The van der Waals surface area contributed by atoms with Gasteiger partial charge in [0.1, 0.15) is 5.82 Å². The van der Waals surface area contributed by atoms with Crippen molar-refractivity contribution in [2.45, 2.75) is 31.2 Å². The lowest BCUT2D eigenvalue weighted by Crippen LogP contribution is -2.05. The van der Waals surface area contributed by atoms with E-state index in [9.17, 15) is 4.79 Å². The number of halogens is 2. The van der Waals surface area contributed by atoms with Crippen LogP contribution in [0.2, 0.25) is 0 Å². The molecule has 0 saturated heterocycles. The Balaban J connectivity index is 1.62. The Kier molecular flexibility index (Phi) is 10.7. The van der Waals surface area contributed by atoms with Crippen LogP contribution in [0.25, 0.3) is 16.7 Å². The van der Waals surface area contributed by atoms with Gasteiger partial charge >= 0.3 is 5.97 Å². The van der Waals surface area contributed by atoms with E-state index in [1.165, 1.54) is 23.1 Å². The van der Waals surface area contributed by atoms with Crippen LogP contribution in [0.3, 0.4) is 0 Å². The molecule has 0 fully saturated rings. The first-order chi connectivity index (χ1) is 19.4. The number of nitrogens with zero attached hydrogens (tertiary/aromatic N) is 2. The number of aromatic nitrogens is 2. The Hall–Kier alpha value is -3.25. The summed E-state index contributed by atoms with van der Waals surface area (Å²) in [4.78, 5) is 18.3. The first kappa shape index (κ1) is 29.7. The molecule has 206 valence electrons. The maximum Gasteiger partial charge on any atom is 0.337 e. The molecule has 0 spiro atoms. The van der Waals surface area contributed by atoms with Gasteiger partial charge < -0.3 is 9.30 Å². The number of imidazole rings is 1. The van der Waals surface area contributed by atoms with Crippen molar-refractivity contribution in [2.75, 3.05) is 19.2 Å². The van der Waals surface area contributed by atoms with Crippen molar-refractivity contribution in [3.8, 4) is 11.1 Å². The summed E-state index contributed by atoms with van der Waals surface area (Å²) < 4.78 is 7.04. The molecule has 3 aromatic rings. The van der Waals surface area contributed by atoms with Crippen molar-refractivity contribution >= 4 is 46.5 Å². The molecule has 0 amide bonds. The van der Waals surface area contributed by atoms with Gasteiger partial charge in [-0.15, -0.1) is 23.4 Å². The largest absolute Gasteiger partial charge is 0.465 e. The minimum absolute atomic E-state index is 0.323. The van der Waals surface area contributed by atoms with Crippen LogP contribution in [-0.2, 0) is 22.5 Å². The number of thioether (sulfide) groups is 1. The second-order valence-electron chi connectivity index (χ2n) is 9.18. The number of ether oxygens (including phenoxy) is 1. The number of hydrogen-bond acceptors (Lipinski definition) is 4. The highest BCUT2D eigenvalue weighted by Crippen LogP contribution is 2.28. The number of benzene rings is 2. The number of methoxy groups -OCH3 is 1. The van der Waals surface area contributed by atoms with Gasteiger partial charge in [-0.2, -0.15) is 0 Å². The summed E-state index contributed by atoms with van der Waals surface area (Å²) in [5.41, 5.74) is 6.79. The molecule has 40 heavy (non-hydrogen) atoms. The van der Waals surface area contributed by atoms with Crippen molar-refractivity contribution in [1.29, 1.82) is 0 Å². The predicted octanol–water partition coefficient (Wildman–Crippen LogP) is 8.61. The number of rotatable bonds is 10. The quantitative estimate of drug-likeness (QED) is 0.103. The number of hydrogen-bond donors (Lipinski definition) is 0. The zero-order chi connectivity index (χ0) is 28.5. The zero-order valence-corrected chi connectivity index (χ0v) is 25.2. The Bertz CT molecular complexity index is 1490. The molecule has 2 aromatic carbocycles. The molecule has 0 unspecified atom stereocenters. The van der Waals surface area contributed by atoms with E-state index in [1.54, 1.807) is 17.8 Å². The van der Waals surface area contributed by atoms with E-state index in [1.807, 2.05) is 37.4 Å². The van der Waals surface area contributed by atoms with E-state index in [0.717, 1.165) is 28.2 Å². The lowest BCUT2D eigenvalue weighted by Gasteiger charge is -2.10. The smallest absolute Gasteiger partial charge is 0.337 e. The first-order valence-electron chi connectivity index (χ1n) is 13.0. The normalized spacial score (nSPS) is 14.0. The number of esters is 1. The molecule has 0 N–H and O–H groups in total. The Morgan fingerprint density at radius 2 is 1.77 bits per heavy atom. The molecule has 0 bridgehead atoms. The second kappa shape index (κ2) is 14.4. The molecule has 1 aliphatic carbocycles. The standard InChI is InChI=1S/C33H32Cl2N2O2S/c1-4-29(30(35)18-19-34)31-22-37(21-24-6-5-7-27(13-10-24)33(38)39-2)32(36-31)20-23-8-11-25(12-9-23)26-14-16-28(40-3)17-15-26/h4,6-18,22H,5,19-21H2,1-3H3/b29-4+,30-18+. The molecule has 0 aliphatic heterocycles. The Morgan fingerprint density at radius 3 is 2.40 bits per heavy atom. The number of carbonyl (C=O) groups excluding carboxylic acids is 1. The fraction of sp³-hybridized carbons (Fsp3) is 0.212. The minimum Gasteiger partial charge on any atom is -0.465 e. The van der Waals surface area contributed by atoms with Gasteiger partial charge in [-0.05, 0) is 60.1 Å². The van der Waals surface area contributed by atoms with Crippen LogP contribution in [0.4, 0.5) is 0 Å². The molecule has 4 rings (SSSR count). The summed E-state index contributed by atoms with van der Waals surface area (Å²) in [6.07, 6.45) is 16.9. The van der Waals surface area contributed by atoms with Crippen molar-refractivity contribution in [2.24, 2.45) is 0 Å². The van der Waals surface area contributed by atoms with E-state index < -0.39 is 0 Å². The number of carbonyl (C=O) groups is 1.